The summed E-state index contributed by atoms with van der Waals surface area (Å²) in [6.07, 6.45) is 2.91. The quantitative estimate of drug-likeness (QED) is 0.0616. The zero-order chi connectivity index (χ0) is 43.8. The Bertz CT molecular complexity index is 2210. The van der Waals surface area contributed by atoms with Gasteiger partial charge >= 0.3 is 56.7 Å². The Morgan fingerprint density at radius 1 is 0.312 bits per heavy atom. The van der Waals surface area contributed by atoms with E-state index in [1.807, 2.05) is 36.4 Å². The Hall–Kier alpha value is -5.04. The monoisotopic (exact) mass is 1100 g/mol. The third-order valence-electron chi connectivity index (χ3n) is 8.99. The number of rotatable bonds is 10. The maximum Gasteiger partial charge on any atom is 1.00 e. The summed E-state index contributed by atoms with van der Waals surface area (Å²) in [5.41, 5.74) is 1.62. The molecule has 4 nitrogen and oxygen atoms in total. The molecule has 8 aromatic carbocycles. The van der Waals surface area contributed by atoms with Crippen molar-refractivity contribution in [1.29, 1.82) is 0 Å². The summed E-state index contributed by atoms with van der Waals surface area (Å²) in [6, 6.07) is 83.2. The first-order valence-electron chi connectivity index (χ1n) is 19.7. The van der Waals surface area contributed by atoms with Crippen molar-refractivity contribution in [2.75, 3.05) is 0 Å². The molecule has 0 unspecified atom stereocenters. The van der Waals surface area contributed by atoms with Gasteiger partial charge in [0.25, 0.3) is 0 Å². The second kappa shape index (κ2) is 30.2. The van der Waals surface area contributed by atoms with Crippen LogP contribution in [0.2, 0.25) is 0 Å². The van der Waals surface area contributed by atoms with Gasteiger partial charge < -0.3 is 35.5 Å². The molecule has 8 rings (SSSR count). The largest absolute Gasteiger partial charge is 1.00 e. The number of hydrogen-bond acceptors (Lipinski definition) is 4. The zero-order valence-corrected chi connectivity index (χ0v) is 41.0. The van der Waals surface area contributed by atoms with Crippen LogP contribution >= 0.6 is 15.8 Å². The van der Waals surface area contributed by atoms with Gasteiger partial charge in [-0.1, -0.05) is 192 Å². The van der Waals surface area contributed by atoms with Gasteiger partial charge in [-0.3, -0.25) is 0 Å². The van der Waals surface area contributed by atoms with E-state index in [-0.39, 0.29) is 54.6 Å². The van der Waals surface area contributed by atoms with Crippen molar-refractivity contribution < 1.29 is 64.6 Å². The van der Waals surface area contributed by atoms with Crippen molar-refractivity contribution >= 4 is 97.0 Å². The fourth-order valence-electron chi connectivity index (χ4n) is 6.15. The number of benzene rings is 8. The standard InChI is InChI=1S/2C18H15P.2C9H8O2S.2Ag/c2*1-4-10-16(11-5-1)19(17-12-6-2-7-13-17)18-14-8-3-9-15-18;2*10-9(11)8(12)6-7-4-2-1-3-5-7;;/h2*1-15H;2*1-6,12H,(H,10,11);;/q;;;;2*+1/b;;2*8-6-;;. The molecule has 0 radical (unpaired) electrons. The molecule has 0 aliphatic rings. The summed E-state index contributed by atoms with van der Waals surface area (Å²) in [7, 11) is -1.75. The molecule has 64 heavy (non-hydrogen) atoms. The first-order valence-corrected chi connectivity index (χ1v) is 23.5. The third-order valence-corrected chi connectivity index (χ3v) is 15.0. The van der Waals surface area contributed by atoms with Crippen molar-refractivity contribution in [2.45, 2.75) is 0 Å². The first kappa shape index (κ1) is 53.3. The average Bonchev–Trinajstić information content (AvgIpc) is 3.33. The zero-order valence-electron chi connectivity index (χ0n) is 34.4. The minimum atomic E-state index is -1.06. The van der Waals surface area contributed by atoms with Crippen LogP contribution in [0, 0.1) is 0 Å². The fraction of sp³-hybridized carbons (Fsp3) is 0. The Morgan fingerprint density at radius 2 is 0.469 bits per heavy atom. The molecule has 0 bridgehead atoms. The van der Waals surface area contributed by atoms with E-state index in [2.05, 4.69) is 207 Å². The first-order chi connectivity index (χ1) is 30.3. The van der Waals surface area contributed by atoms with Gasteiger partial charge in [0, 0.05) is 0 Å². The molecule has 0 aliphatic heterocycles. The van der Waals surface area contributed by atoms with E-state index in [1.165, 1.54) is 44.0 Å². The van der Waals surface area contributed by atoms with Gasteiger partial charge in [0.15, 0.2) is 0 Å². The Labute approximate surface area is 421 Å². The van der Waals surface area contributed by atoms with Crippen LogP contribution in [-0.4, -0.2) is 22.2 Å². The fourth-order valence-corrected chi connectivity index (χ4v) is 11.6. The van der Waals surface area contributed by atoms with Crippen molar-refractivity contribution in [3.05, 3.63) is 264 Å². The number of carboxylic acids is 2. The normalized spacial score (nSPS) is 10.5. The number of hydrogen-bond donors (Lipinski definition) is 2. The van der Waals surface area contributed by atoms with E-state index in [0.29, 0.717) is 0 Å². The Kier molecular flexibility index (Phi) is 25.1. The maximum absolute atomic E-state index is 10.3. The molecule has 10 heteroatoms. The van der Waals surface area contributed by atoms with Crippen LogP contribution in [0.3, 0.4) is 0 Å². The van der Waals surface area contributed by atoms with E-state index >= 15 is 0 Å². The number of carboxylic acid groups (broad SMARTS) is 2. The summed E-state index contributed by atoms with van der Waals surface area (Å²) >= 11 is 9.21. The van der Waals surface area contributed by atoms with Gasteiger partial charge in [0.05, 0.1) is 15.8 Å². The summed E-state index contributed by atoms with van der Waals surface area (Å²) in [4.78, 5) is 20.5. The Balaban J connectivity index is 0.000000230. The van der Waals surface area contributed by atoms with E-state index in [4.69, 9.17) is 10.2 Å². The summed E-state index contributed by atoms with van der Waals surface area (Å²) in [5, 5.41) is 25.6. The minimum Gasteiger partial charge on any atom is -0.773 e. The minimum absolute atomic E-state index is 0. The molecule has 0 aromatic heterocycles. The van der Waals surface area contributed by atoms with Gasteiger partial charge in [-0.05, 0) is 83.9 Å². The second-order valence-corrected chi connectivity index (χ2v) is 19.2. The van der Waals surface area contributed by atoms with Gasteiger partial charge in [-0.2, -0.15) is 0 Å². The van der Waals surface area contributed by atoms with Crippen molar-refractivity contribution in [1.82, 2.24) is 0 Å². The van der Waals surface area contributed by atoms with E-state index in [1.54, 1.807) is 24.3 Å². The predicted molar refractivity (Wildman–Crippen MR) is 272 cm³/mol. The van der Waals surface area contributed by atoms with Gasteiger partial charge in [-0.25, -0.2) is 9.59 Å². The molecule has 0 saturated heterocycles. The maximum atomic E-state index is 10.3. The molecule has 0 aliphatic carbocycles. The van der Waals surface area contributed by atoms with E-state index in [0.717, 1.165) is 11.1 Å². The van der Waals surface area contributed by atoms with Gasteiger partial charge in [-0.15, -0.1) is 0 Å². The SMILES string of the molecule is O=C(O)/C([S-])=C/c1ccccc1.O=C(O)/C([S-])=C/c1ccccc1.[Ag+].[Ag+].c1ccc([PH+](c2ccccc2)c2ccccc2)cc1.c1ccc([PH+](c2ccccc2)c2ccccc2)cc1. The molecule has 0 saturated carbocycles. The molecule has 328 valence electrons. The molecular weight excluding hydrogens is 1050 g/mol. The summed E-state index contributed by atoms with van der Waals surface area (Å²) < 4.78 is 0. The molecule has 0 amide bonds. The van der Waals surface area contributed by atoms with Crippen molar-refractivity contribution in [2.24, 2.45) is 0 Å². The van der Waals surface area contributed by atoms with E-state index < -0.39 is 27.8 Å². The average molecular weight is 1100 g/mol. The van der Waals surface area contributed by atoms with Crippen LogP contribution in [0.25, 0.3) is 12.2 Å². The molecule has 0 spiro atoms. The van der Waals surface area contributed by atoms with Crippen LogP contribution < -0.4 is 31.8 Å². The Morgan fingerprint density at radius 3 is 0.625 bits per heavy atom. The van der Waals surface area contributed by atoms with Crippen molar-refractivity contribution in [3.8, 4) is 0 Å². The molecule has 0 atom stereocenters. The predicted octanol–water partition coefficient (Wildman–Crippen LogP) is 9.67. The topological polar surface area (TPSA) is 74.6 Å². The molecule has 0 fully saturated rings. The number of aliphatic carboxylic acids is 2. The van der Waals surface area contributed by atoms with E-state index in [9.17, 15) is 9.59 Å². The van der Waals surface area contributed by atoms with Crippen LogP contribution in [0.5, 0.6) is 0 Å². The number of carbonyl (C=O) groups is 2. The summed E-state index contributed by atoms with van der Waals surface area (Å²) in [5.74, 6) is -2.12. The van der Waals surface area contributed by atoms with Crippen LogP contribution in [0.4, 0.5) is 0 Å². The molecule has 0 heterocycles. The van der Waals surface area contributed by atoms with Crippen LogP contribution in [0.15, 0.2) is 252 Å². The smallest absolute Gasteiger partial charge is 0.773 e. The molecular formula is C54H46Ag2O4P2S2+2. The van der Waals surface area contributed by atoms with Crippen molar-refractivity contribution in [3.63, 3.8) is 0 Å². The molecule has 8 aromatic rings. The second-order valence-electron chi connectivity index (χ2n) is 13.4. The molecule has 2 N–H and O–H groups in total. The van der Waals surface area contributed by atoms with Gasteiger partial charge in [0.1, 0.15) is 31.8 Å². The van der Waals surface area contributed by atoms with Crippen LogP contribution in [-0.2, 0) is 79.6 Å². The van der Waals surface area contributed by atoms with Gasteiger partial charge in [0.2, 0.25) is 0 Å². The third kappa shape index (κ3) is 18.2. The summed E-state index contributed by atoms with van der Waals surface area (Å²) in [6.45, 7) is 0. The van der Waals surface area contributed by atoms with Crippen LogP contribution in [0.1, 0.15) is 11.1 Å².